The van der Waals surface area contributed by atoms with Crippen LogP contribution in [0.15, 0.2) is 16.7 Å². The molecule has 0 aliphatic heterocycles. The molecular weight excluding hydrogens is 279 g/mol. The van der Waals surface area contributed by atoms with Crippen molar-refractivity contribution in [2.45, 2.75) is 18.9 Å². The van der Waals surface area contributed by atoms with Crippen molar-refractivity contribution >= 4 is 33.3 Å². The topological polar surface area (TPSA) is 36.4 Å². The largest absolute Gasteiger partial charge is 0.395 e. The van der Waals surface area contributed by atoms with Crippen LogP contribution in [0, 0.1) is 0 Å². The van der Waals surface area contributed by atoms with Gasteiger partial charge in [-0.25, -0.2) is 4.98 Å². The van der Waals surface area contributed by atoms with E-state index >= 15 is 0 Å². The summed E-state index contributed by atoms with van der Waals surface area (Å²) in [4.78, 5) is 6.42. The standard InChI is InChI=1S/C10H12BrClN2O/c11-9-5-7(12)6-13-10(9)14(3-4-15)8-1-2-8/h5-6,8,15H,1-4H2. The van der Waals surface area contributed by atoms with Gasteiger partial charge < -0.3 is 10.0 Å². The van der Waals surface area contributed by atoms with Crippen LogP contribution < -0.4 is 4.90 Å². The van der Waals surface area contributed by atoms with Gasteiger partial charge in [-0.3, -0.25) is 0 Å². The third-order valence-corrected chi connectivity index (χ3v) is 3.18. The number of halogens is 2. The molecule has 0 unspecified atom stereocenters. The maximum atomic E-state index is 9.01. The molecule has 0 saturated heterocycles. The van der Waals surface area contributed by atoms with Crippen molar-refractivity contribution in [3.05, 3.63) is 21.8 Å². The number of pyridine rings is 1. The summed E-state index contributed by atoms with van der Waals surface area (Å²) in [6.07, 6.45) is 3.99. The lowest BCUT2D eigenvalue weighted by Gasteiger charge is -2.23. The number of aliphatic hydroxyl groups excluding tert-OH is 1. The monoisotopic (exact) mass is 290 g/mol. The predicted molar refractivity (Wildman–Crippen MR) is 64.4 cm³/mol. The van der Waals surface area contributed by atoms with Crippen molar-refractivity contribution in [2.75, 3.05) is 18.1 Å². The highest BCUT2D eigenvalue weighted by Crippen LogP contribution is 2.34. The van der Waals surface area contributed by atoms with Gasteiger partial charge in [0, 0.05) is 18.8 Å². The molecule has 15 heavy (non-hydrogen) atoms. The molecule has 0 radical (unpaired) electrons. The van der Waals surface area contributed by atoms with E-state index in [1.165, 1.54) is 12.8 Å². The molecule has 1 fully saturated rings. The van der Waals surface area contributed by atoms with Gasteiger partial charge >= 0.3 is 0 Å². The van der Waals surface area contributed by atoms with E-state index in [2.05, 4.69) is 25.8 Å². The van der Waals surface area contributed by atoms with E-state index in [1.54, 1.807) is 6.20 Å². The van der Waals surface area contributed by atoms with Gasteiger partial charge in [0.15, 0.2) is 0 Å². The average molecular weight is 292 g/mol. The summed E-state index contributed by atoms with van der Waals surface area (Å²) in [5.74, 6) is 0.871. The molecule has 2 rings (SSSR count). The Morgan fingerprint density at radius 2 is 2.33 bits per heavy atom. The van der Waals surface area contributed by atoms with Crippen LogP contribution >= 0.6 is 27.5 Å². The van der Waals surface area contributed by atoms with Crippen LogP contribution in [0.1, 0.15) is 12.8 Å². The maximum absolute atomic E-state index is 9.01. The predicted octanol–water partition coefficient (Wildman–Crippen LogP) is 2.46. The van der Waals surface area contributed by atoms with Crippen LogP contribution in [-0.2, 0) is 0 Å². The minimum absolute atomic E-state index is 0.146. The number of aliphatic hydroxyl groups is 1. The van der Waals surface area contributed by atoms with Gasteiger partial charge in [0.2, 0.25) is 0 Å². The third-order valence-electron chi connectivity index (χ3n) is 2.39. The summed E-state index contributed by atoms with van der Waals surface area (Å²) < 4.78 is 0.885. The molecule has 1 heterocycles. The zero-order chi connectivity index (χ0) is 10.8. The van der Waals surface area contributed by atoms with Crippen molar-refractivity contribution in [2.24, 2.45) is 0 Å². The number of anilines is 1. The van der Waals surface area contributed by atoms with Gasteiger partial charge in [-0.2, -0.15) is 0 Å². The lowest BCUT2D eigenvalue weighted by molar-refractivity contribution is 0.301. The fourth-order valence-electron chi connectivity index (χ4n) is 1.57. The van der Waals surface area contributed by atoms with Crippen molar-refractivity contribution in [3.8, 4) is 0 Å². The molecule has 1 saturated carbocycles. The Bertz CT molecular complexity index is 357. The summed E-state index contributed by atoms with van der Waals surface area (Å²) >= 11 is 9.28. The molecule has 1 aliphatic carbocycles. The molecule has 3 nitrogen and oxygen atoms in total. The summed E-state index contributed by atoms with van der Waals surface area (Å²) in [5, 5.41) is 9.63. The quantitative estimate of drug-likeness (QED) is 0.926. The number of rotatable bonds is 4. The molecule has 1 N–H and O–H groups in total. The zero-order valence-electron chi connectivity index (χ0n) is 8.16. The van der Waals surface area contributed by atoms with Gasteiger partial charge in [0.1, 0.15) is 5.82 Å². The number of nitrogens with zero attached hydrogens (tertiary/aromatic N) is 2. The Morgan fingerprint density at radius 3 is 2.87 bits per heavy atom. The number of aromatic nitrogens is 1. The molecule has 82 valence electrons. The Kier molecular flexibility index (Phi) is 3.49. The second kappa shape index (κ2) is 4.68. The first-order valence-corrected chi connectivity index (χ1v) is 6.08. The first kappa shape index (κ1) is 11.2. The van der Waals surface area contributed by atoms with Crippen LogP contribution in [0.25, 0.3) is 0 Å². The van der Waals surface area contributed by atoms with E-state index in [0.29, 0.717) is 17.6 Å². The summed E-state index contributed by atoms with van der Waals surface area (Å²) in [6.45, 7) is 0.769. The molecular formula is C10H12BrClN2O. The lowest BCUT2D eigenvalue weighted by atomic mass is 10.4. The molecule has 5 heteroatoms. The molecule has 0 aromatic carbocycles. The van der Waals surface area contributed by atoms with E-state index in [0.717, 1.165) is 10.3 Å². The lowest BCUT2D eigenvalue weighted by Crippen LogP contribution is -2.30. The van der Waals surface area contributed by atoms with Gasteiger partial charge in [-0.1, -0.05) is 11.6 Å². The van der Waals surface area contributed by atoms with Gasteiger partial charge in [0.25, 0.3) is 0 Å². The highest BCUT2D eigenvalue weighted by Gasteiger charge is 2.30. The summed E-state index contributed by atoms with van der Waals surface area (Å²) in [5.41, 5.74) is 0. The van der Waals surface area contributed by atoms with E-state index < -0.39 is 0 Å². The minimum Gasteiger partial charge on any atom is -0.395 e. The third kappa shape index (κ3) is 2.62. The maximum Gasteiger partial charge on any atom is 0.143 e. The van der Waals surface area contributed by atoms with Crippen molar-refractivity contribution < 1.29 is 5.11 Å². The summed E-state index contributed by atoms with van der Waals surface area (Å²) in [7, 11) is 0. The fourth-order valence-corrected chi connectivity index (χ4v) is 2.44. The van der Waals surface area contributed by atoms with Crippen LogP contribution in [0.5, 0.6) is 0 Å². The Hall–Kier alpha value is -0.320. The van der Waals surface area contributed by atoms with Crippen molar-refractivity contribution in [3.63, 3.8) is 0 Å². The van der Waals surface area contributed by atoms with Crippen molar-refractivity contribution in [1.82, 2.24) is 4.98 Å². The molecule has 1 aromatic heterocycles. The van der Waals surface area contributed by atoms with E-state index in [4.69, 9.17) is 16.7 Å². The Morgan fingerprint density at radius 1 is 1.60 bits per heavy atom. The van der Waals surface area contributed by atoms with E-state index in [1.807, 2.05) is 6.07 Å². The first-order chi connectivity index (χ1) is 7.22. The van der Waals surface area contributed by atoms with Crippen LogP contribution in [0.2, 0.25) is 5.02 Å². The van der Waals surface area contributed by atoms with Gasteiger partial charge in [-0.15, -0.1) is 0 Å². The second-order valence-corrected chi connectivity index (χ2v) is 4.90. The molecule has 1 aliphatic rings. The highest BCUT2D eigenvalue weighted by atomic mass is 79.9. The zero-order valence-corrected chi connectivity index (χ0v) is 10.5. The van der Waals surface area contributed by atoms with E-state index in [-0.39, 0.29) is 6.61 Å². The van der Waals surface area contributed by atoms with Gasteiger partial charge in [-0.05, 0) is 34.8 Å². The summed E-state index contributed by atoms with van der Waals surface area (Å²) in [6, 6.07) is 2.36. The fraction of sp³-hybridized carbons (Fsp3) is 0.500. The molecule has 0 spiro atoms. The molecule has 0 atom stereocenters. The van der Waals surface area contributed by atoms with Crippen LogP contribution in [0.3, 0.4) is 0 Å². The molecule has 0 amide bonds. The van der Waals surface area contributed by atoms with Crippen molar-refractivity contribution in [1.29, 1.82) is 0 Å². The SMILES string of the molecule is OCCN(c1ncc(Cl)cc1Br)C1CC1. The first-order valence-electron chi connectivity index (χ1n) is 4.91. The Labute approximate surface area is 102 Å². The van der Waals surface area contributed by atoms with Crippen LogP contribution in [0.4, 0.5) is 5.82 Å². The number of hydrogen-bond donors (Lipinski definition) is 1. The van der Waals surface area contributed by atoms with Crippen LogP contribution in [-0.4, -0.2) is 29.3 Å². The van der Waals surface area contributed by atoms with E-state index in [9.17, 15) is 0 Å². The highest BCUT2D eigenvalue weighted by molar-refractivity contribution is 9.10. The molecule has 0 bridgehead atoms. The molecule has 1 aromatic rings. The average Bonchev–Trinajstić information content (AvgIpc) is 2.98. The Balaban J connectivity index is 2.24. The number of hydrogen-bond acceptors (Lipinski definition) is 3. The smallest absolute Gasteiger partial charge is 0.143 e. The normalized spacial score (nSPS) is 15.4. The minimum atomic E-state index is 0.146. The second-order valence-electron chi connectivity index (χ2n) is 3.61. The van der Waals surface area contributed by atoms with Gasteiger partial charge in [0.05, 0.1) is 16.1 Å².